The van der Waals surface area contributed by atoms with Gasteiger partial charge in [-0.25, -0.2) is 14.8 Å². The second kappa shape index (κ2) is 5.77. The van der Waals surface area contributed by atoms with Crippen LogP contribution in [-0.4, -0.2) is 39.7 Å². The van der Waals surface area contributed by atoms with Crippen LogP contribution in [0.3, 0.4) is 0 Å². The molecule has 0 aromatic carbocycles. The van der Waals surface area contributed by atoms with Gasteiger partial charge < -0.3 is 9.64 Å². The summed E-state index contributed by atoms with van der Waals surface area (Å²) >= 11 is 0. The molecule has 0 bridgehead atoms. The van der Waals surface area contributed by atoms with Gasteiger partial charge in [0.15, 0.2) is 0 Å². The summed E-state index contributed by atoms with van der Waals surface area (Å²) in [7, 11) is 0. The topological polar surface area (TPSA) is 55.3 Å². The Morgan fingerprint density at radius 2 is 2.20 bits per heavy atom. The normalized spacial score (nSPS) is 19.8. The third-order valence-corrected chi connectivity index (χ3v) is 3.25. The van der Waals surface area contributed by atoms with Crippen LogP contribution in [0.15, 0.2) is 12.3 Å². The van der Waals surface area contributed by atoms with Gasteiger partial charge in [-0.05, 0) is 46.6 Å². The van der Waals surface area contributed by atoms with Crippen LogP contribution in [0.25, 0.3) is 0 Å². The van der Waals surface area contributed by atoms with Crippen molar-refractivity contribution in [1.82, 2.24) is 14.9 Å². The first-order chi connectivity index (χ1) is 9.35. The standard InChI is InChI=1S/C15H23N3O2/c1-11-7-8-16-13(17-11)12-6-5-9-18(10-12)14(19)20-15(2,3)4/h7-8,12H,5-6,9-10H2,1-4H3/t12-/m1/s1. The van der Waals surface area contributed by atoms with E-state index in [4.69, 9.17) is 4.74 Å². The van der Waals surface area contributed by atoms with Crippen LogP contribution in [0.1, 0.15) is 51.0 Å². The molecular weight excluding hydrogens is 254 g/mol. The monoisotopic (exact) mass is 277 g/mol. The first-order valence-electron chi connectivity index (χ1n) is 7.12. The molecule has 1 saturated heterocycles. The lowest BCUT2D eigenvalue weighted by atomic mass is 9.97. The summed E-state index contributed by atoms with van der Waals surface area (Å²) in [4.78, 5) is 22.7. The lowest BCUT2D eigenvalue weighted by Crippen LogP contribution is -2.42. The number of rotatable bonds is 1. The van der Waals surface area contributed by atoms with Gasteiger partial charge in [-0.2, -0.15) is 0 Å². The van der Waals surface area contributed by atoms with Gasteiger partial charge >= 0.3 is 6.09 Å². The molecule has 0 N–H and O–H groups in total. The number of nitrogens with zero attached hydrogens (tertiary/aromatic N) is 3. The minimum atomic E-state index is -0.455. The minimum absolute atomic E-state index is 0.205. The lowest BCUT2D eigenvalue weighted by molar-refractivity contribution is 0.0196. The Labute approximate surface area is 120 Å². The minimum Gasteiger partial charge on any atom is -0.444 e. The number of aromatic nitrogens is 2. The van der Waals surface area contributed by atoms with Crippen molar-refractivity contribution < 1.29 is 9.53 Å². The predicted octanol–water partition coefficient (Wildman–Crippen LogP) is 2.90. The van der Waals surface area contributed by atoms with E-state index in [1.165, 1.54) is 0 Å². The molecule has 20 heavy (non-hydrogen) atoms. The van der Waals surface area contributed by atoms with Gasteiger partial charge in [-0.3, -0.25) is 0 Å². The second-order valence-corrected chi connectivity index (χ2v) is 6.32. The maximum absolute atomic E-state index is 12.1. The molecule has 1 aromatic heterocycles. The molecule has 1 aromatic rings. The van der Waals surface area contributed by atoms with Crippen LogP contribution in [0.4, 0.5) is 4.79 Å². The van der Waals surface area contributed by atoms with Crippen molar-refractivity contribution in [3.63, 3.8) is 0 Å². The zero-order valence-electron chi connectivity index (χ0n) is 12.7. The summed E-state index contributed by atoms with van der Waals surface area (Å²) in [5.74, 6) is 1.04. The molecule has 1 aliphatic heterocycles. The predicted molar refractivity (Wildman–Crippen MR) is 76.6 cm³/mol. The first-order valence-corrected chi connectivity index (χ1v) is 7.12. The highest BCUT2D eigenvalue weighted by Gasteiger charge is 2.29. The third kappa shape index (κ3) is 3.92. The van der Waals surface area contributed by atoms with Gasteiger partial charge in [-0.15, -0.1) is 0 Å². The molecule has 0 aliphatic carbocycles. The van der Waals surface area contributed by atoms with E-state index in [1.807, 2.05) is 33.8 Å². The molecule has 110 valence electrons. The number of carbonyl (C=O) groups excluding carboxylic acids is 1. The average Bonchev–Trinajstić information content (AvgIpc) is 2.37. The SMILES string of the molecule is Cc1ccnc([C@@H]2CCCN(C(=O)OC(C)(C)C)C2)n1. The number of piperidine rings is 1. The molecule has 2 heterocycles. The number of carbonyl (C=O) groups is 1. The van der Waals surface area contributed by atoms with Gasteiger partial charge in [-0.1, -0.05) is 0 Å². The Bertz CT molecular complexity index is 482. The number of amides is 1. The van der Waals surface area contributed by atoms with Gasteiger partial charge in [0.1, 0.15) is 11.4 Å². The maximum atomic E-state index is 12.1. The average molecular weight is 277 g/mol. The molecule has 2 rings (SSSR count). The van der Waals surface area contributed by atoms with E-state index in [0.29, 0.717) is 6.54 Å². The van der Waals surface area contributed by atoms with Crippen LogP contribution in [-0.2, 0) is 4.74 Å². The molecule has 5 heteroatoms. The van der Waals surface area contributed by atoms with E-state index in [0.717, 1.165) is 30.9 Å². The number of ether oxygens (including phenoxy) is 1. The fourth-order valence-electron chi connectivity index (χ4n) is 2.35. The molecule has 0 saturated carbocycles. The van der Waals surface area contributed by atoms with E-state index in [2.05, 4.69) is 9.97 Å². The summed E-state index contributed by atoms with van der Waals surface area (Å²) in [6.45, 7) is 9.00. The summed E-state index contributed by atoms with van der Waals surface area (Å²) in [6.07, 6.45) is 3.52. The highest BCUT2D eigenvalue weighted by molar-refractivity contribution is 5.68. The number of likely N-dealkylation sites (tertiary alicyclic amines) is 1. The Kier molecular flexibility index (Phi) is 4.26. The molecule has 0 spiro atoms. The van der Waals surface area contributed by atoms with Crippen molar-refractivity contribution in [2.75, 3.05) is 13.1 Å². The van der Waals surface area contributed by atoms with Crippen LogP contribution < -0.4 is 0 Å². The molecule has 0 unspecified atom stereocenters. The Morgan fingerprint density at radius 3 is 2.85 bits per heavy atom. The zero-order chi connectivity index (χ0) is 14.8. The maximum Gasteiger partial charge on any atom is 0.410 e. The molecule has 5 nitrogen and oxygen atoms in total. The van der Waals surface area contributed by atoms with Gasteiger partial charge in [0, 0.05) is 30.9 Å². The fourth-order valence-corrected chi connectivity index (χ4v) is 2.35. The molecule has 1 aliphatic rings. The highest BCUT2D eigenvalue weighted by atomic mass is 16.6. The quantitative estimate of drug-likeness (QED) is 0.792. The van der Waals surface area contributed by atoms with E-state index < -0.39 is 5.60 Å². The third-order valence-electron chi connectivity index (χ3n) is 3.25. The summed E-state index contributed by atoms with van der Waals surface area (Å²) in [5, 5.41) is 0. The Hall–Kier alpha value is -1.65. The smallest absolute Gasteiger partial charge is 0.410 e. The van der Waals surface area contributed by atoms with Gasteiger partial charge in [0.25, 0.3) is 0 Å². The van der Waals surface area contributed by atoms with Crippen LogP contribution in [0.2, 0.25) is 0 Å². The Balaban J connectivity index is 2.03. The second-order valence-electron chi connectivity index (χ2n) is 6.32. The van der Waals surface area contributed by atoms with Gasteiger partial charge in [0.05, 0.1) is 0 Å². The van der Waals surface area contributed by atoms with Crippen molar-refractivity contribution >= 4 is 6.09 Å². The fraction of sp³-hybridized carbons (Fsp3) is 0.667. The van der Waals surface area contributed by atoms with Crippen molar-refractivity contribution in [3.05, 3.63) is 23.8 Å². The van der Waals surface area contributed by atoms with Crippen molar-refractivity contribution in [1.29, 1.82) is 0 Å². The highest BCUT2D eigenvalue weighted by Crippen LogP contribution is 2.25. The van der Waals surface area contributed by atoms with Crippen LogP contribution in [0.5, 0.6) is 0 Å². The van der Waals surface area contributed by atoms with Crippen molar-refractivity contribution in [2.24, 2.45) is 0 Å². The van der Waals surface area contributed by atoms with E-state index in [-0.39, 0.29) is 12.0 Å². The van der Waals surface area contributed by atoms with E-state index >= 15 is 0 Å². The summed E-state index contributed by atoms with van der Waals surface area (Å²) in [5.41, 5.74) is 0.508. The first kappa shape index (κ1) is 14.8. The molecular formula is C15H23N3O2. The van der Waals surface area contributed by atoms with Crippen molar-refractivity contribution in [2.45, 2.75) is 52.1 Å². The molecule has 1 amide bonds. The molecule has 0 radical (unpaired) electrons. The number of aryl methyl sites for hydroxylation is 1. The molecule has 1 atom stereocenters. The largest absolute Gasteiger partial charge is 0.444 e. The van der Waals surface area contributed by atoms with Gasteiger partial charge in [0.2, 0.25) is 0 Å². The lowest BCUT2D eigenvalue weighted by Gasteiger charge is -2.33. The zero-order valence-corrected chi connectivity index (χ0v) is 12.7. The number of hydrogen-bond acceptors (Lipinski definition) is 4. The Morgan fingerprint density at radius 1 is 1.45 bits per heavy atom. The number of hydrogen-bond donors (Lipinski definition) is 0. The summed E-state index contributed by atoms with van der Waals surface area (Å²) in [6, 6.07) is 1.89. The summed E-state index contributed by atoms with van der Waals surface area (Å²) < 4.78 is 5.43. The van der Waals surface area contributed by atoms with Crippen molar-refractivity contribution in [3.8, 4) is 0 Å². The molecule has 1 fully saturated rings. The van der Waals surface area contributed by atoms with E-state index in [9.17, 15) is 4.79 Å². The van der Waals surface area contributed by atoms with Crippen LogP contribution in [0, 0.1) is 6.92 Å². The van der Waals surface area contributed by atoms with Crippen LogP contribution >= 0.6 is 0 Å². The van der Waals surface area contributed by atoms with E-state index in [1.54, 1.807) is 11.1 Å².